The number of carbonyl (C=O) groups is 2. The van der Waals surface area contributed by atoms with Crippen molar-refractivity contribution >= 4 is 11.9 Å². The summed E-state index contributed by atoms with van der Waals surface area (Å²) >= 11 is 0. The van der Waals surface area contributed by atoms with Crippen molar-refractivity contribution in [1.29, 1.82) is 0 Å². The Morgan fingerprint density at radius 3 is 2.63 bits per heavy atom. The molecule has 1 fully saturated rings. The zero-order chi connectivity index (χ0) is 19.6. The number of likely N-dealkylation sites (tertiary alicyclic amines) is 1. The molecule has 142 valence electrons. The lowest BCUT2D eigenvalue weighted by Crippen LogP contribution is -2.58. The summed E-state index contributed by atoms with van der Waals surface area (Å²) in [6.45, 7) is 1.84. The van der Waals surface area contributed by atoms with Crippen LogP contribution in [0.3, 0.4) is 0 Å². The lowest BCUT2D eigenvalue weighted by molar-refractivity contribution is -0.161. The van der Waals surface area contributed by atoms with Crippen molar-refractivity contribution in [2.75, 3.05) is 13.1 Å². The number of hydrogen-bond donors (Lipinski definition) is 2. The molecule has 1 aromatic carbocycles. The predicted octanol–water partition coefficient (Wildman–Crippen LogP) is 2.05. The quantitative estimate of drug-likeness (QED) is 0.857. The van der Waals surface area contributed by atoms with Gasteiger partial charge >= 0.3 is 5.97 Å². The van der Waals surface area contributed by atoms with Gasteiger partial charge in [-0.15, -0.1) is 0 Å². The second-order valence-electron chi connectivity index (χ2n) is 6.93. The minimum absolute atomic E-state index is 0.000415. The van der Waals surface area contributed by atoms with E-state index in [4.69, 9.17) is 0 Å². The minimum atomic E-state index is -1.55. The molecule has 7 heteroatoms. The van der Waals surface area contributed by atoms with E-state index in [2.05, 4.69) is 4.98 Å². The van der Waals surface area contributed by atoms with Gasteiger partial charge in [0.15, 0.2) is 0 Å². The molecule has 1 saturated heterocycles. The third-order valence-corrected chi connectivity index (χ3v) is 5.17. The zero-order valence-corrected chi connectivity index (χ0v) is 14.9. The number of amides is 1. The van der Waals surface area contributed by atoms with Gasteiger partial charge in [-0.2, -0.15) is 0 Å². The molecule has 3 rings (SSSR count). The minimum Gasteiger partial charge on any atom is -0.481 e. The Morgan fingerprint density at radius 2 is 2.00 bits per heavy atom. The van der Waals surface area contributed by atoms with E-state index in [1.54, 1.807) is 25.3 Å². The lowest BCUT2D eigenvalue weighted by Gasteiger charge is -2.43. The van der Waals surface area contributed by atoms with E-state index in [1.165, 1.54) is 29.2 Å². The molecule has 1 aliphatic rings. The smallest absolute Gasteiger partial charge is 0.314 e. The van der Waals surface area contributed by atoms with E-state index in [0.717, 1.165) is 0 Å². The maximum absolute atomic E-state index is 13.2. The molecule has 1 amide bonds. The highest BCUT2D eigenvalue weighted by atomic mass is 19.1. The number of aromatic nitrogens is 1. The molecule has 2 N–H and O–H groups in total. The molecule has 6 nitrogen and oxygen atoms in total. The first-order valence-corrected chi connectivity index (χ1v) is 8.70. The molecule has 27 heavy (non-hydrogen) atoms. The maximum atomic E-state index is 13.2. The van der Waals surface area contributed by atoms with Gasteiger partial charge in [-0.1, -0.05) is 12.1 Å². The van der Waals surface area contributed by atoms with Crippen LogP contribution in [0.1, 0.15) is 28.0 Å². The van der Waals surface area contributed by atoms with Gasteiger partial charge in [0.1, 0.15) is 11.2 Å². The van der Waals surface area contributed by atoms with Crippen LogP contribution < -0.4 is 0 Å². The Morgan fingerprint density at radius 1 is 1.30 bits per heavy atom. The molecule has 0 saturated carbocycles. The summed E-state index contributed by atoms with van der Waals surface area (Å²) in [6, 6.07) is 8.81. The van der Waals surface area contributed by atoms with Crippen LogP contribution in [-0.4, -0.2) is 51.2 Å². The number of carbonyl (C=O) groups excluding carboxylic acids is 1. The van der Waals surface area contributed by atoms with E-state index >= 15 is 0 Å². The number of halogens is 1. The van der Waals surface area contributed by atoms with Gasteiger partial charge < -0.3 is 15.1 Å². The summed E-state index contributed by atoms with van der Waals surface area (Å²) in [5.74, 6) is -1.91. The van der Waals surface area contributed by atoms with Crippen molar-refractivity contribution in [3.05, 3.63) is 65.2 Å². The number of benzene rings is 1. The summed E-state index contributed by atoms with van der Waals surface area (Å²) in [5.41, 5.74) is 0.00901. The second-order valence-corrected chi connectivity index (χ2v) is 6.93. The number of aliphatic carboxylic acids is 1. The molecule has 0 spiro atoms. The van der Waals surface area contributed by atoms with Crippen molar-refractivity contribution < 1.29 is 24.2 Å². The highest BCUT2D eigenvalue weighted by molar-refractivity contribution is 5.95. The van der Waals surface area contributed by atoms with Crippen LogP contribution in [0.5, 0.6) is 0 Å². The number of rotatable bonds is 4. The summed E-state index contributed by atoms with van der Waals surface area (Å²) in [6.07, 6.45) is 0.624. The number of nitrogens with zero attached hydrogens (tertiary/aromatic N) is 2. The van der Waals surface area contributed by atoms with E-state index < -0.39 is 23.3 Å². The first-order valence-electron chi connectivity index (χ1n) is 8.70. The van der Waals surface area contributed by atoms with Gasteiger partial charge in [-0.3, -0.25) is 14.6 Å². The number of aryl methyl sites for hydroxylation is 1. The average molecular weight is 372 g/mol. The number of aliphatic hydroxyl groups is 1. The van der Waals surface area contributed by atoms with E-state index in [-0.39, 0.29) is 31.8 Å². The van der Waals surface area contributed by atoms with Gasteiger partial charge in [0.2, 0.25) is 0 Å². The van der Waals surface area contributed by atoms with Crippen molar-refractivity contribution in [1.82, 2.24) is 9.88 Å². The molecule has 2 atom stereocenters. The Labute approximate surface area is 156 Å². The van der Waals surface area contributed by atoms with Gasteiger partial charge in [-0.25, -0.2) is 4.39 Å². The third kappa shape index (κ3) is 3.68. The first-order chi connectivity index (χ1) is 12.8. The standard InChI is InChI=1S/C20H21FN2O4/c1-13-16(3-2-9-22-13)18(25)23-10-8-17(24)20(12-23,19(26)27)11-14-4-6-15(21)7-5-14/h2-7,9,17,24H,8,10-12H2,1H3,(H,26,27)/t17-,20-/m1/s1. The van der Waals surface area contributed by atoms with E-state index in [9.17, 15) is 24.2 Å². The number of piperidine rings is 1. The molecule has 1 aliphatic heterocycles. The fourth-order valence-electron chi connectivity index (χ4n) is 3.56. The Bertz CT molecular complexity index is 855. The maximum Gasteiger partial charge on any atom is 0.314 e. The van der Waals surface area contributed by atoms with Crippen LogP contribution >= 0.6 is 0 Å². The van der Waals surface area contributed by atoms with E-state index in [0.29, 0.717) is 16.8 Å². The average Bonchev–Trinajstić information content (AvgIpc) is 2.65. The highest BCUT2D eigenvalue weighted by Gasteiger charge is 2.50. The molecular weight excluding hydrogens is 351 g/mol. The molecule has 2 heterocycles. The summed E-state index contributed by atoms with van der Waals surface area (Å²) in [7, 11) is 0. The number of hydrogen-bond acceptors (Lipinski definition) is 4. The van der Waals surface area contributed by atoms with Gasteiger partial charge in [0, 0.05) is 25.0 Å². The van der Waals surface area contributed by atoms with Crippen molar-refractivity contribution in [2.24, 2.45) is 5.41 Å². The van der Waals surface area contributed by atoms with Crippen LogP contribution in [0, 0.1) is 18.2 Å². The lowest BCUT2D eigenvalue weighted by atomic mass is 9.72. The predicted molar refractivity (Wildman–Crippen MR) is 95.7 cm³/mol. The molecule has 2 aromatic rings. The van der Waals surface area contributed by atoms with Gasteiger partial charge in [-0.05, 0) is 49.6 Å². The van der Waals surface area contributed by atoms with Crippen LogP contribution in [0.25, 0.3) is 0 Å². The van der Waals surface area contributed by atoms with Gasteiger partial charge in [0.25, 0.3) is 5.91 Å². The summed E-state index contributed by atoms with van der Waals surface area (Å²) in [5, 5.41) is 20.4. The topological polar surface area (TPSA) is 90.7 Å². The normalized spacial score (nSPS) is 22.5. The molecular formula is C20H21FN2O4. The van der Waals surface area contributed by atoms with Crippen molar-refractivity contribution in [3.8, 4) is 0 Å². The molecule has 0 unspecified atom stereocenters. The third-order valence-electron chi connectivity index (χ3n) is 5.17. The molecule has 0 aliphatic carbocycles. The van der Waals surface area contributed by atoms with Crippen LogP contribution in [0.15, 0.2) is 42.6 Å². The zero-order valence-electron chi connectivity index (χ0n) is 14.9. The van der Waals surface area contributed by atoms with Gasteiger partial charge in [0.05, 0.1) is 11.7 Å². The molecule has 0 bridgehead atoms. The first kappa shape index (κ1) is 19.0. The summed E-state index contributed by atoms with van der Waals surface area (Å²) < 4.78 is 13.2. The number of pyridine rings is 1. The van der Waals surface area contributed by atoms with Crippen LogP contribution in [0.2, 0.25) is 0 Å². The molecule has 0 radical (unpaired) electrons. The Kier molecular flexibility index (Phi) is 5.23. The number of carboxylic acids is 1. The number of aliphatic hydroxyl groups excluding tert-OH is 1. The molecule has 1 aromatic heterocycles. The second kappa shape index (κ2) is 7.44. The van der Waals surface area contributed by atoms with Crippen molar-refractivity contribution in [2.45, 2.75) is 25.9 Å². The number of carboxylic acid groups (broad SMARTS) is 1. The monoisotopic (exact) mass is 372 g/mol. The Balaban J connectivity index is 1.91. The highest BCUT2D eigenvalue weighted by Crippen LogP contribution is 2.35. The van der Waals surface area contributed by atoms with E-state index in [1.807, 2.05) is 0 Å². The largest absolute Gasteiger partial charge is 0.481 e. The SMILES string of the molecule is Cc1ncccc1C(=O)N1CC[C@@H](O)[C@](Cc2ccc(F)cc2)(C(=O)O)C1. The fraction of sp³-hybridized carbons (Fsp3) is 0.350. The van der Waals surface area contributed by atoms with Crippen LogP contribution in [-0.2, 0) is 11.2 Å². The Hall–Kier alpha value is -2.80. The van der Waals surface area contributed by atoms with Crippen LogP contribution in [0.4, 0.5) is 4.39 Å². The fourth-order valence-corrected chi connectivity index (χ4v) is 3.56. The van der Waals surface area contributed by atoms with Crippen molar-refractivity contribution in [3.63, 3.8) is 0 Å². The summed E-state index contributed by atoms with van der Waals surface area (Å²) in [4.78, 5) is 30.6.